The van der Waals surface area contributed by atoms with Gasteiger partial charge in [0.2, 0.25) is 0 Å². The molecule has 0 spiro atoms. The van der Waals surface area contributed by atoms with E-state index < -0.39 is 0 Å². The van der Waals surface area contributed by atoms with Crippen molar-refractivity contribution in [3.8, 4) is 0 Å². The molecule has 0 aromatic carbocycles. The van der Waals surface area contributed by atoms with Crippen molar-refractivity contribution in [1.82, 2.24) is 4.90 Å². The molecule has 0 bridgehead atoms. The zero-order valence-electron chi connectivity index (χ0n) is 6.50. The second-order valence-electron chi connectivity index (χ2n) is 2.22. The van der Waals surface area contributed by atoms with Gasteiger partial charge >= 0.3 is 0 Å². The van der Waals surface area contributed by atoms with E-state index in [0.717, 1.165) is 5.75 Å². The van der Waals surface area contributed by atoms with Crippen LogP contribution in [-0.2, 0) is 9.53 Å². The molecule has 1 heterocycles. The lowest BCUT2D eigenvalue weighted by Gasteiger charge is -2.12. The highest BCUT2D eigenvalue weighted by Gasteiger charge is 2.24. The Balaban J connectivity index is 2.41. The fourth-order valence-electron chi connectivity index (χ4n) is 0.872. The quantitative estimate of drug-likeness (QED) is 0.628. The molecule has 0 aromatic heterocycles. The topological polar surface area (TPSA) is 29.5 Å². The first-order valence-corrected chi connectivity index (χ1v) is 4.76. The molecule has 1 rings (SSSR count). The van der Waals surface area contributed by atoms with Gasteiger partial charge in [0.05, 0.1) is 0 Å². The third-order valence-electron chi connectivity index (χ3n) is 1.48. The van der Waals surface area contributed by atoms with Crippen molar-refractivity contribution in [2.24, 2.45) is 0 Å². The Kier molecular flexibility index (Phi) is 2.82. The summed E-state index contributed by atoms with van der Waals surface area (Å²) in [7, 11) is 0. The smallest absolute Gasteiger partial charge is 0.267 e. The number of carbonyl (C=O) groups is 1. The van der Waals surface area contributed by atoms with Crippen LogP contribution in [0, 0.1) is 0 Å². The summed E-state index contributed by atoms with van der Waals surface area (Å²) in [6.07, 6.45) is 2.00. The van der Waals surface area contributed by atoms with Crippen LogP contribution in [0.15, 0.2) is 12.5 Å². The number of hydrogen-bond acceptors (Lipinski definition) is 3. The first-order valence-electron chi connectivity index (χ1n) is 3.36. The van der Waals surface area contributed by atoms with Gasteiger partial charge in [0, 0.05) is 12.3 Å². The summed E-state index contributed by atoms with van der Waals surface area (Å²) in [5.74, 6) is 1.43. The van der Waals surface area contributed by atoms with Crippen molar-refractivity contribution in [2.45, 2.75) is 0 Å². The molecule has 4 heteroatoms. The molecule has 0 unspecified atom stereocenters. The summed E-state index contributed by atoms with van der Waals surface area (Å²) in [4.78, 5) is 12.6. The second kappa shape index (κ2) is 3.67. The molecule has 0 N–H and O–H groups in total. The van der Waals surface area contributed by atoms with Gasteiger partial charge in [-0.15, -0.1) is 0 Å². The predicted octanol–water partition coefficient (Wildman–Crippen LogP) is 0.679. The summed E-state index contributed by atoms with van der Waals surface area (Å²) in [5.41, 5.74) is 0. The molecule has 11 heavy (non-hydrogen) atoms. The summed E-state index contributed by atoms with van der Waals surface area (Å²) in [5, 5.41) is 0. The van der Waals surface area contributed by atoms with Gasteiger partial charge in [-0.3, -0.25) is 9.69 Å². The van der Waals surface area contributed by atoms with Crippen molar-refractivity contribution in [1.29, 1.82) is 0 Å². The largest absolute Gasteiger partial charge is 0.469 e. The number of amides is 1. The van der Waals surface area contributed by atoms with Crippen LogP contribution >= 0.6 is 11.8 Å². The lowest BCUT2D eigenvalue weighted by Crippen LogP contribution is -2.26. The third kappa shape index (κ3) is 1.89. The fraction of sp³-hybridized carbons (Fsp3) is 0.571. The Bertz CT molecular complexity index is 165. The zero-order chi connectivity index (χ0) is 8.27. The van der Waals surface area contributed by atoms with Gasteiger partial charge in [-0.05, 0) is 12.8 Å². The monoisotopic (exact) mass is 173 g/mol. The van der Waals surface area contributed by atoms with Crippen LogP contribution in [-0.4, -0.2) is 36.0 Å². The van der Waals surface area contributed by atoms with Gasteiger partial charge in [-0.1, -0.05) is 0 Å². The van der Waals surface area contributed by atoms with Gasteiger partial charge in [0.1, 0.15) is 0 Å². The van der Waals surface area contributed by atoms with E-state index in [1.165, 1.54) is 0 Å². The highest BCUT2D eigenvalue weighted by atomic mass is 32.2. The minimum Gasteiger partial charge on any atom is -0.469 e. The second-order valence-corrected chi connectivity index (χ2v) is 3.21. The van der Waals surface area contributed by atoms with Crippen molar-refractivity contribution in [2.75, 3.05) is 25.2 Å². The molecule has 0 aliphatic carbocycles. The average Bonchev–Trinajstić information content (AvgIpc) is 2.29. The van der Waals surface area contributed by atoms with Crippen LogP contribution < -0.4 is 0 Å². The van der Waals surface area contributed by atoms with E-state index in [2.05, 4.69) is 6.58 Å². The summed E-state index contributed by atoms with van der Waals surface area (Å²) >= 11 is 1.70. The van der Waals surface area contributed by atoms with E-state index in [1.807, 2.05) is 6.26 Å². The van der Waals surface area contributed by atoms with Gasteiger partial charge in [-0.25, -0.2) is 0 Å². The van der Waals surface area contributed by atoms with Crippen LogP contribution in [0.1, 0.15) is 0 Å². The lowest BCUT2D eigenvalue weighted by atomic mass is 10.5. The Morgan fingerprint density at radius 1 is 1.82 bits per heavy atom. The highest BCUT2D eigenvalue weighted by molar-refractivity contribution is 7.98. The van der Waals surface area contributed by atoms with Gasteiger partial charge < -0.3 is 4.74 Å². The van der Waals surface area contributed by atoms with Crippen LogP contribution in [0.25, 0.3) is 0 Å². The molecular formula is C7H11NO2S. The van der Waals surface area contributed by atoms with E-state index in [4.69, 9.17) is 4.74 Å². The maximum Gasteiger partial charge on any atom is 0.267 e. The summed E-state index contributed by atoms with van der Waals surface area (Å²) < 4.78 is 4.95. The molecule has 0 atom stereocenters. The first-order chi connectivity index (χ1) is 5.25. The number of ether oxygens (including phenoxy) is 1. The SMILES string of the molecule is C=C1OCC(=O)N1CCSC. The van der Waals surface area contributed by atoms with Crippen molar-refractivity contribution in [3.63, 3.8) is 0 Å². The maximum absolute atomic E-state index is 11.0. The standard InChI is InChI=1S/C7H11NO2S/c1-6-8(3-4-11-2)7(9)5-10-6/h1,3-5H2,2H3. The summed E-state index contributed by atoms with van der Waals surface area (Å²) in [6.45, 7) is 4.48. The Morgan fingerprint density at radius 3 is 3.00 bits per heavy atom. The Morgan fingerprint density at radius 2 is 2.55 bits per heavy atom. The van der Waals surface area contributed by atoms with Crippen molar-refractivity contribution >= 4 is 17.7 Å². The molecule has 0 aromatic rings. The van der Waals surface area contributed by atoms with Gasteiger partial charge in [0.25, 0.3) is 5.91 Å². The van der Waals surface area contributed by atoms with E-state index in [1.54, 1.807) is 16.7 Å². The zero-order valence-corrected chi connectivity index (χ0v) is 7.32. The van der Waals surface area contributed by atoms with Crippen LogP contribution in [0.2, 0.25) is 0 Å². The van der Waals surface area contributed by atoms with Crippen LogP contribution in [0.3, 0.4) is 0 Å². The van der Waals surface area contributed by atoms with Crippen molar-refractivity contribution < 1.29 is 9.53 Å². The number of carbonyl (C=O) groups excluding carboxylic acids is 1. The third-order valence-corrected chi connectivity index (χ3v) is 2.07. The molecule has 1 saturated heterocycles. The van der Waals surface area contributed by atoms with E-state index in [9.17, 15) is 4.79 Å². The molecule has 62 valence electrons. The highest BCUT2D eigenvalue weighted by Crippen LogP contribution is 2.12. The predicted molar refractivity (Wildman–Crippen MR) is 45.2 cm³/mol. The maximum atomic E-state index is 11.0. The Hall–Kier alpha value is -0.640. The normalized spacial score (nSPS) is 17.4. The first kappa shape index (κ1) is 8.46. The van der Waals surface area contributed by atoms with Gasteiger partial charge in [0.15, 0.2) is 12.5 Å². The lowest BCUT2D eigenvalue weighted by molar-refractivity contribution is -0.126. The number of rotatable bonds is 3. The van der Waals surface area contributed by atoms with E-state index in [-0.39, 0.29) is 12.5 Å². The molecular weight excluding hydrogens is 162 g/mol. The number of nitrogens with zero attached hydrogens (tertiary/aromatic N) is 1. The molecule has 1 aliphatic rings. The molecule has 1 fully saturated rings. The number of thioether (sulfide) groups is 1. The molecule has 3 nitrogen and oxygen atoms in total. The molecule has 1 aliphatic heterocycles. The van der Waals surface area contributed by atoms with Crippen LogP contribution in [0.5, 0.6) is 0 Å². The van der Waals surface area contributed by atoms with E-state index >= 15 is 0 Å². The van der Waals surface area contributed by atoms with Crippen molar-refractivity contribution in [3.05, 3.63) is 12.5 Å². The number of hydrogen-bond donors (Lipinski definition) is 0. The molecule has 0 radical (unpaired) electrons. The van der Waals surface area contributed by atoms with E-state index in [0.29, 0.717) is 12.4 Å². The minimum absolute atomic E-state index is 0.0176. The van der Waals surface area contributed by atoms with Crippen LogP contribution in [0.4, 0.5) is 0 Å². The average molecular weight is 173 g/mol. The molecule has 0 saturated carbocycles. The minimum atomic E-state index is 0.0176. The van der Waals surface area contributed by atoms with Gasteiger partial charge in [-0.2, -0.15) is 11.8 Å². The Labute approximate surface area is 70.4 Å². The molecule has 1 amide bonds. The summed E-state index contributed by atoms with van der Waals surface area (Å²) in [6, 6.07) is 0. The fourth-order valence-corrected chi connectivity index (χ4v) is 1.24.